The van der Waals surface area contributed by atoms with Crippen LogP contribution in [0.4, 0.5) is 5.69 Å². The summed E-state index contributed by atoms with van der Waals surface area (Å²) in [6.07, 6.45) is 2.71. The maximum absolute atomic E-state index is 12.4. The van der Waals surface area contributed by atoms with Crippen LogP contribution < -0.4 is 10.5 Å². The van der Waals surface area contributed by atoms with Crippen molar-refractivity contribution in [1.29, 1.82) is 0 Å². The highest BCUT2D eigenvalue weighted by Crippen LogP contribution is 2.26. The molecule has 0 aliphatic carbocycles. The lowest BCUT2D eigenvalue weighted by Gasteiger charge is -2.17. The van der Waals surface area contributed by atoms with Gasteiger partial charge in [0.1, 0.15) is 0 Å². The number of nitrogens with two attached hydrogens (primary N) is 1. The summed E-state index contributed by atoms with van der Waals surface area (Å²) >= 11 is 4.90. The van der Waals surface area contributed by atoms with Crippen molar-refractivity contribution in [2.24, 2.45) is 0 Å². The van der Waals surface area contributed by atoms with Crippen LogP contribution in [-0.4, -0.2) is 26.5 Å². The third-order valence-electron chi connectivity index (χ3n) is 2.84. The lowest BCUT2D eigenvalue weighted by molar-refractivity contribution is 0.557. The van der Waals surface area contributed by atoms with Crippen molar-refractivity contribution < 1.29 is 8.42 Å². The lowest BCUT2D eigenvalue weighted by atomic mass is 10.2. The van der Waals surface area contributed by atoms with Crippen molar-refractivity contribution in [3.8, 4) is 0 Å². The molecule has 0 saturated carbocycles. The van der Waals surface area contributed by atoms with Crippen molar-refractivity contribution in [3.63, 3.8) is 0 Å². The normalized spacial score (nSPS) is 13.5. The van der Waals surface area contributed by atoms with Crippen molar-refractivity contribution in [2.45, 2.75) is 31.2 Å². The molecule has 19 heavy (non-hydrogen) atoms. The summed E-state index contributed by atoms with van der Waals surface area (Å²) in [6.45, 7) is 3.68. The number of benzene rings is 1. The first kappa shape index (κ1) is 16.8. The molecule has 0 bridgehead atoms. The van der Waals surface area contributed by atoms with Gasteiger partial charge in [0.05, 0.1) is 4.90 Å². The molecule has 0 spiro atoms. The number of halogens is 1. The Hall–Kier alpha value is -0.240. The third kappa shape index (κ3) is 4.37. The first-order chi connectivity index (χ1) is 8.81. The molecular formula is C12H19BrN2O2S2. The maximum Gasteiger partial charge on any atom is 0.241 e. The number of nitrogens with one attached hydrogen (secondary N) is 1. The first-order valence-electron chi connectivity index (χ1n) is 5.88. The first-order valence-corrected chi connectivity index (χ1v) is 9.55. The Labute approximate surface area is 127 Å². The summed E-state index contributed by atoms with van der Waals surface area (Å²) in [5, 5.41) is 0. The number of hydrogen-bond acceptors (Lipinski definition) is 4. The van der Waals surface area contributed by atoms with Gasteiger partial charge in [-0.3, -0.25) is 0 Å². The second-order valence-electron chi connectivity index (χ2n) is 4.30. The van der Waals surface area contributed by atoms with Gasteiger partial charge in [-0.2, -0.15) is 11.8 Å². The van der Waals surface area contributed by atoms with Gasteiger partial charge in [-0.25, -0.2) is 13.1 Å². The minimum atomic E-state index is -3.54. The zero-order valence-corrected chi connectivity index (χ0v) is 14.5. The van der Waals surface area contributed by atoms with E-state index in [0.29, 0.717) is 15.7 Å². The fourth-order valence-corrected chi connectivity index (χ4v) is 4.75. The molecule has 1 atom stereocenters. The van der Waals surface area contributed by atoms with Crippen LogP contribution in [0.3, 0.4) is 0 Å². The fraction of sp³-hybridized carbons (Fsp3) is 0.500. The van der Waals surface area contributed by atoms with Crippen LogP contribution >= 0.6 is 27.7 Å². The number of rotatable bonds is 6. The van der Waals surface area contributed by atoms with E-state index in [1.54, 1.807) is 30.8 Å². The molecule has 4 nitrogen and oxygen atoms in total. The Morgan fingerprint density at radius 3 is 2.63 bits per heavy atom. The molecule has 0 heterocycles. The van der Waals surface area contributed by atoms with E-state index in [0.717, 1.165) is 12.2 Å². The molecule has 1 unspecified atom stereocenters. The van der Waals surface area contributed by atoms with Crippen molar-refractivity contribution in [3.05, 3.63) is 22.2 Å². The van der Waals surface area contributed by atoms with E-state index in [1.165, 1.54) is 0 Å². The smallest absolute Gasteiger partial charge is 0.241 e. The molecule has 108 valence electrons. The molecule has 1 aromatic rings. The minimum absolute atomic E-state index is 0.0698. The van der Waals surface area contributed by atoms with E-state index in [2.05, 4.69) is 20.7 Å². The fourth-order valence-electron chi connectivity index (χ4n) is 1.67. The highest BCUT2D eigenvalue weighted by atomic mass is 79.9. The molecule has 1 rings (SSSR count). The van der Waals surface area contributed by atoms with Gasteiger partial charge in [0.2, 0.25) is 10.0 Å². The monoisotopic (exact) mass is 366 g/mol. The van der Waals surface area contributed by atoms with Crippen molar-refractivity contribution in [2.75, 3.05) is 17.7 Å². The molecule has 7 heteroatoms. The van der Waals surface area contributed by atoms with Crippen LogP contribution in [0.5, 0.6) is 0 Å². The largest absolute Gasteiger partial charge is 0.398 e. The van der Waals surface area contributed by atoms with Crippen LogP contribution in [0.25, 0.3) is 0 Å². The molecule has 0 aromatic heterocycles. The van der Waals surface area contributed by atoms with Crippen LogP contribution in [-0.2, 0) is 10.0 Å². The minimum Gasteiger partial charge on any atom is -0.398 e. The highest BCUT2D eigenvalue weighted by Gasteiger charge is 2.22. The Balaban J connectivity index is 3.13. The van der Waals surface area contributed by atoms with E-state index < -0.39 is 10.0 Å². The van der Waals surface area contributed by atoms with Crippen LogP contribution in [0.15, 0.2) is 21.5 Å². The molecule has 0 saturated heterocycles. The summed E-state index contributed by atoms with van der Waals surface area (Å²) in [4.78, 5) is 0.235. The van der Waals surface area contributed by atoms with E-state index in [9.17, 15) is 8.42 Å². The van der Waals surface area contributed by atoms with E-state index in [-0.39, 0.29) is 10.9 Å². The van der Waals surface area contributed by atoms with Gasteiger partial charge in [0.25, 0.3) is 0 Å². The molecule has 0 radical (unpaired) electrons. The Morgan fingerprint density at radius 2 is 2.11 bits per heavy atom. The molecule has 0 aliphatic rings. The number of anilines is 1. The van der Waals surface area contributed by atoms with Gasteiger partial charge < -0.3 is 5.73 Å². The van der Waals surface area contributed by atoms with Crippen LogP contribution in [0.2, 0.25) is 0 Å². The Kier molecular flexibility index (Phi) is 6.16. The number of sulfonamides is 1. The number of nitrogen functional groups attached to an aromatic ring is 1. The van der Waals surface area contributed by atoms with Crippen LogP contribution in [0, 0.1) is 6.92 Å². The van der Waals surface area contributed by atoms with E-state index >= 15 is 0 Å². The van der Waals surface area contributed by atoms with Gasteiger partial charge in [0, 0.05) is 22.0 Å². The van der Waals surface area contributed by atoms with Gasteiger partial charge in [-0.05, 0) is 37.3 Å². The van der Waals surface area contributed by atoms with Crippen LogP contribution in [0.1, 0.15) is 18.9 Å². The van der Waals surface area contributed by atoms with Crippen molar-refractivity contribution >= 4 is 43.4 Å². The maximum atomic E-state index is 12.4. The van der Waals surface area contributed by atoms with E-state index in [1.807, 2.05) is 13.2 Å². The zero-order chi connectivity index (χ0) is 14.6. The number of hydrogen-bond donors (Lipinski definition) is 2. The van der Waals surface area contributed by atoms with E-state index in [4.69, 9.17) is 5.73 Å². The predicted octanol–water partition coefficient (Wildman–Crippen LogP) is 2.76. The summed E-state index contributed by atoms with van der Waals surface area (Å²) in [5.41, 5.74) is 6.86. The summed E-state index contributed by atoms with van der Waals surface area (Å²) in [7, 11) is -3.54. The second-order valence-corrected chi connectivity index (χ2v) is 7.81. The average Bonchev–Trinajstić information content (AvgIpc) is 2.32. The third-order valence-corrected chi connectivity index (χ3v) is 5.68. The molecule has 0 fully saturated rings. The summed E-state index contributed by atoms with van der Waals surface area (Å²) in [5.74, 6) is 0.748. The molecule has 3 N–H and O–H groups in total. The number of thioether (sulfide) groups is 1. The zero-order valence-electron chi connectivity index (χ0n) is 11.2. The lowest BCUT2D eigenvalue weighted by Crippen LogP contribution is -2.36. The van der Waals surface area contributed by atoms with Gasteiger partial charge in [-0.1, -0.05) is 22.9 Å². The quantitative estimate of drug-likeness (QED) is 0.759. The Morgan fingerprint density at radius 1 is 1.47 bits per heavy atom. The molecular weight excluding hydrogens is 348 g/mol. The van der Waals surface area contributed by atoms with Gasteiger partial charge >= 0.3 is 0 Å². The molecule has 1 aromatic carbocycles. The second kappa shape index (κ2) is 6.97. The predicted molar refractivity (Wildman–Crippen MR) is 86.1 cm³/mol. The topological polar surface area (TPSA) is 72.2 Å². The standard InChI is InChI=1S/C12H19BrN2O2S2/c1-4-10(7-18-3)15-19(16,17)12-6-9(13)5-11(14)8(12)2/h5-6,10,15H,4,7,14H2,1-3H3. The highest BCUT2D eigenvalue weighted by molar-refractivity contribution is 9.10. The van der Waals surface area contributed by atoms with Gasteiger partial charge in [-0.15, -0.1) is 0 Å². The molecule has 0 aliphatic heterocycles. The average molecular weight is 367 g/mol. The van der Waals surface area contributed by atoms with Gasteiger partial charge in [0.15, 0.2) is 0 Å². The Bertz CT molecular complexity index is 547. The molecule has 0 amide bonds. The summed E-state index contributed by atoms with van der Waals surface area (Å²) < 4.78 is 28.2. The van der Waals surface area contributed by atoms with Crippen molar-refractivity contribution in [1.82, 2.24) is 4.72 Å². The summed E-state index contributed by atoms with van der Waals surface area (Å²) in [6, 6.07) is 3.22. The SMILES string of the molecule is CCC(CSC)NS(=O)(=O)c1cc(Br)cc(N)c1C.